The summed E-state index contributed by atoms with van der Waals surface area (Å²) in [4.78, 5) is 18.1. The molecular weight excluding hydrogens is 426 g/mol. The summed E-state index contributed by atoms with van der Waals surface area (Å²) in [5.41, 5.74) is 3.48. The quantitative estimate of drug-likeness (QED) is 0.258. The number of ether oxygens (including phenoxy) is 1. The number of aromatic nitrogens is 2. The molecule has 0 atom stereocenters. The molecule has 3 aromatic rings. The Morgan fingerprint density at radius 3 is 2.73 bits per heavy atom. The third kappa shape index (κ3) is 3.71. The van der Waals surface area contributed by atoms with Gasteiger partial charge in [0.15, 0.2) is 0 Å². The Morgan fingerprint density at radius 1 is 1.30 bits per heavy atom. The van der Waals surface area contributed by atoms with Gasteiger partial charge < -0.3 is 19.5 Å². The van der Waals surface area contributed by atoms with Crippen molar-refractivity contribution in [3.8, 4) is 17.0 Å². The van der Waals surface area contributed by atoms with Crippen molar-refractivity contribution in [1.82, 2.24) is 14.5 Å². The van der Waals surface area contributed by atoms with Crippen molar-refractivity contribution >= 4 is 52.6 Å². The van der Waals surface area contributed by atoms with Gasteiger partial charge in [0.25, 0.3) is 5.69 Å². The molecule has 0 spiro atoms. The SMILES string of the molecule is COc1ccc2c(c1)-c1nc(=S)n(CCCN(C)C)c3ccc([N+](=O)[O-])c(c13)N2.Cl. The van der Waals surface area contributed by atoms with Crippen LogP contribution < -0.4 is 10.1 Å². The van der Waals surface area contributed by atoms with Gasteiger partial charge in [-0.3, -0.25) is 10.1 Å². The first-order chi connectivity index (χ1) is 13.9. The summed E-state index contributed by atoms with van der Waals surface area (Å²) >= 11 is 5.61. The number of aryl methyl sites for hydroxylation is 1. The number of methoxy groups -OCH3 is 1. The molecule has 1 aliphatic heterocycles. The van der Waals surface area contributed by atoms with Gasteiger partial charge in [0.2, 0.25) is 4.77 Å². The second-order valence-electron chi connectivity index (χ2n) is 7.20. The average Bonchev–Trinajstić information content (AvgIpc) is 2.69. The molecule has 0 saturated carbocycles. The van der Waals surface area contributed by atoms with Gasteiger partial charge in [0.1, 0.15) is 11.4 Å². The summed E-state index contributed by atoms with van der Waals surface area (Å²) < 4.78 is 7.77. The number of anilines is 2. The van der Waals surface area contributed by atoms with Crippen molar-refractivity contribution in [2.45, 2.75) is 13.0 Å². The van der Waals surface area contributed by atoms with E-state index in [1.54, 1.807) is 13.2 Å². The molecule has 0 bridgehead atoms. The van der Waals surface area contributed by atoms with Crippen LogP contribution in [0.15, 0.2) is 30.3 Å². The first-order valence-electron chi connectivity index (χ1n) is 9.23. The lowest BCUT2D eigenvalue weighted by molar-refractivity contribution is -0.383. The first-order valence-corrected chi connectivity index (χ1v) is 9.63. The maximum Gasteiger partial charge on any atom is 0.293 e. The van der Waals surface area contributed by atoms with Crippen molar-refractivity contribution in [1.29, 1.82) is 0 Å². The zero-order valence-corrected chi connectivity index (χ0v) is 18.5. The van der Waals surface area contributed by atoms with Gasteiger partial charge in [-0.1, -0.05) is 0 Å². The van der Waals surface area contributed by atoms with E-state index in [-0.39, 0.29) is 23.0 Å². The van der Waals surface area contributed by atoms with Gasteiger partial charge >= 0.3 is 0 Å². The van der Waals surface area contributed by atoms with Crippen molar-refractivity contribution in [3.63, 3.8) is 0 Å². The largest absolute Gasteiger partial charge is 0.497 e. The maximum absolute atomic E-state index is 11.7. The van der Waals surface area contributed by atoms with E-state index in [4.69, 9.17) is 21.9 Å². The minimum atomic E-state index is -0.377. The van der Waals surface area contributed by atoms with E-state index in [1.165, 1.54) is 6.07 Å². The molecule has 0 unspecified atom stereocenters. The van der Waals surface area contributed by atoms with Gasteiger partial charge in [-0.2, -0.15) is 0 Å². The predicted molar refractivity (Wildman–Crippen MR) is 123 cm³/mol. The number of hydrogen-bond acceptors (Lipinski definition) is 7. The highest BCUT2D eigenvalue weighted by molar-refractivity contribution is 7.71. The molecule has 10 heteroatoms. The summed E-state index contributed by atoms with van der Waals surface area (Å²) in [6.07, 6.45) is 0.890. The number of hydrogen-bond donors (Lipinski definition) is 1. The van der Waals surface area contributed by atoms with Crippen molar-refractivity contribution in [2.24, 2.45) is 0 Å². The molecular formula is C20H22ClN5O3S. The summed E-state index contributed by atoms with van der Waals surface area (Å²) in [5.74, 6) is 0.683. The Kier molecular flexibility index (Phi) is 6.25. The molecule has 30 heavy (non-hydrogen) atoms. The van der Waals surface area contributed by atoms with Crippen molar-refractivity contribution < 1.29 is 9.66 Å². The zero-order valence-electron chi connectivity index (χ0n) is 16.8. The minimum Gasteiger partial charge on any atom is -0.497 e. The van der Waals surface area contributed by atoms with Gasteiger partial charge in [0.05, 0.1) is 28.6 Å². The molecule has 158 valence electrons. The summed E-state index contributed by atoms with van der Waals surface area (Å²) in [6.45, 7) is 1.59. The van der Waals surface area contributed by atoms with Crippen molar-refractivity contribution in [3.05, 3.63) is 45.2 Å². The topological polar surface area (TPSA) is 85.5 Å². The maximum atomic E-state index is 11.7. The highest BCUT2D eigenvalue weighted by Gasteiger charge is 2.28. The van der Waals surface area contributed by atoms with E-state index in [9.17, 15) is 10.1 Å². The molecule has 4 rings (SSSR count). The molecule has 8 nitrogen and oxygen atoms in total. The van der Waals surface area contributed by atoms with Crippen LogP contribution in [0.5, 0.6) is 5.75 Å². The molecule has 2 aromatic carbocycles. The Balaban J connectivity index is 0.00000256. The number of nitrogens with one attached hydrogen (secondary N) is 1. The van der Waals surface area contributed by atoms with Crippen molar-refractivity contribution in [2.75, 3.05) is 33.1 Å². The van der Waals surface area contributed by atoms with Crippen LogP contribution in [0.25, 0.3) is 22.2 Å². The van der Waals surface area contributed by atoms with E-state index in [2.05, 4.69) is 10.2 Å². The Morgan fingerprint density at radius 2 is 2.07 bits per heavy atom. The lowest BCUT2D eigenvalue weighted by Gasteiger charge is -2.24. The second kappa shape index (κ2) is 8.55. The number of nitro groups is 1. The van der Waals surface area contributed by atoms with Gasteiger partial charge in [-0.05, 0) is 63.5 Å². The van der Waals surface area contributed by atoms with E-state index < -0.39 is 0 Å². The Bertz CT molecular complexity index is 1200. The van der Waals surface area contributed by atoms with Crippen LogP contribution in [0, 0.1) is 14.9 Å². The molecule has 1 aliphatic rings. The monoisotopic (exact) mass is 447 g/mol. The molecule has 0 fully saturated rings. The fourth-order valence-corrected chi connectivity index (χ4v) is 3.97. The summed E-state index contributed by atoms with van der Waals surface area (Å²) in [7, 11) is 5.64. The highest BCUT2D eigenvalue weighted by Crippen LogP contribution is 2.47. The van der Waals surface area contributed by atoms with Gasteiger partial charge in [-0.25, -0.2) is 4.98 Å². The van der Waals surface area contributed by atoms with Crippen LogP contribution in [-0.2, 0) is 6.54 Å². The standard InChI is InChI=1S/C20H21N5O3S.ClH/c1-23(2)9-4-10-24-15-7-8-16(25(26)27)19-17(15)18(22-20(24)29)13-11-12(28-3)5-6-14(13)21-19;/h5-8,11,21H,4,9-10H2,1-3H3;1H. The molecule has 0 saturated heterocycles. The van der Waals surface area contributed by atoms with Crippen LogP contribution in [-0.4, -0.2) is 47.1 Å². The van der Waals surface area contributed by atoms with E-state index in [0.717, 1.165) is 29.7 Å². The minimum absolute atomic E-state index is 0. The number of fused-ring (bicyclic) bond motifs is 2. The normalized spacial score (nSPS) is 11.6. The lowest BCUT2D eigenvalue weighted by atomic mass is 9.97. The molecule has 2 heterocycles. The summed E-state index contributed by atoms with van der Waals surface area (Å²) in [6, 6.07) is 8.81. The third-order valence-corrected chi connectivity index (χ3v) is 5.36. The van der Waals surface area contributed by atoms with Crippen LogP contribution in [0.1, 0.15) is 6.42 Å². The second-order valence-corrected chi connectivity index (χ2v) is 7.56. The van der Waals surface area contributed by atoms with Crippen LogP contribution in [0.4, 0.5) is 17.1 Å². The Hall–Kier alpha value is -2.75. The lowest BCUT2D eigenvalue weighted by Crippen LogP contribution is -2.17. The highest BCUT2D eigenvalue weighted by atomic mass is 35.5. The van der Waals surface area contributed by atoms with Crippen LogP contribution >= 0.6 is 24.6 Å². The van der Waals surface area contributed by atoms with E-state index >= 15 is 0 Å². The molecule has 0 radical (unpaired) electrons. The smallest absolute Gasteiger partial charge is 0.293 e. The molecule has 0 amide bonds. The molecule has 0 aliphatic carbocycles. The van der Waals surface area contributed by atoms with Crippen LogP contribution in [0.2, 0.25) is 0 Å². The number of nitrogens with zero attached hydrogens (tertiary/aromatic N) is 4. The average molecular weight is 448 g/mol. The van der Waals surface area contributed by atoms with Gasteiger partial charge in [-0.15, -0.1) is 12.4 Å². The Labute approximate surface area is 185 Å². The first kappa shape index (κ1) is 21.9. The zero-order chi connectivity index (χ0) is 20.7. The van der Waals surface area contributed by atoms with Gasteiger partial charge in [0, 0.05) is 23.9 Å². The molecule has 1 N–H and O–H groups in total. The van der Waals surface area contributed by atoms with E-state index in [1.807, 2.05) is 36.9 Å². The fraction of sp³-hybridized carbons (Fsp3) is 0.300. The van der Waals surface area contributed by atoms with E-state index in [0.29, 0.717) is 33.8 Å². The third-order valence-electron chi connectivity index (χ3n) is 5.05. The predicted octanol–water partition coefficient (Wildman–Crippen LogP) is 4.78. The number of nitro benzene ring substituents is 1. The van der Waals surface area contributed by atoms with Crippen LogP contribution in [0.3, 0.4) is 0 Å². The number of rotatable bonds is 6. The number of benzene rings is 2. The summed E-state index contributed by atoms with van der Waals surface area (Å²) in [5, 5.41) is 15.6. The fourth-order valence-electron chi connectivity index (χ4n) is 3.68. The number of halogens is 1. The molecule has 1 aromatic heterocycles.